The van der Waals surface area contributed by atoms with Crippen molar-refractivity contribution in [2.75, 3.05) is 0 Å². The van der Waals surface area contributed by atoms with Crippen molar-refractivity contribution >= 4 is 41.9 Å². The van der Waals surface area contributed by atoms with E-state index >= 15 is 0 Å². The zero-order valence-electron chi connectivity index (χ0n) is 10.5. The van der Waals surface area contributed by atoms with Crippen LogP contribution in [-0.2, 0) is 16.6 Å². The van der Waals surface area contributed by atoms with Crippen molar-refractivity contribution in [2.45, 2.75) is 11.5 Å². The zero-order valence-corrected chi connectivity index (χ0v) is 14.5. The lowest BCUT2D eigenvalue weighted by molar-refractivity contribution is 0.292. The lowest BCUT2D eigenvalue weighted by Crippen LogP contribution is -2.14. The molecule has 0 saturated carbocycles. The van der Waals surface area contributed by atoms with Crippen molar-refractivity contribution in [3.05, 3.63) is 56.7 Å². The molecule has 0 heterocycles. The third-order valence-corrected chi connectivity index (χ3v) is 4.52. The molecule has 4 nitrogen and oxygen atoms in total. The van der Waals surface area contributed by atoms with Crippen LogP contribution in [0, 0.1) is 5.82 Å². The summed E-state index contributed by atoms with van der Waals surface area (Å²) in [5, 5.41) is 5.14. The predicted molar refractivity (Wildman–Crippen MR) is 83.9 cm³/mol. The molecule has 0 radical (unpaired) electrons. The van der Waals surface area contributed by atoms with E-state index in [1.54, 1.807) is 18.2 Å². The molecule has 0 aliphatic rings. The van der Waals surface area contributed by atoms with E-state index in [-0.39, 0.29) is 17.3 Å². The van der Waals surface area contributed by atoms with Crippen molar-refractivity contribution in [1.82, 2.24) is 0 Å². The van der Waals surface area contributed by atoms with E-state index in [0.29, 0.717) is 14.5 Å². The molecule has 21 heavy (non-hydrogen) atoms. The number of primary sulfonamides is 1. The Morgan fingerprint density at radius 2 is 1.71 bits per heavy atom. The van der Waals surface area contributed by atoms with E-state index in [2.05, 4.69) is 31.9 Å². The summed E-state index contributed by atoms with van der Waals surface area (Å²) in [4.78, 5) is -0.160. The molecular formula is C13H10Br2FNO3S. The van der Waals surface area contributed by atoms with Crippen LogP contribution in [0.15, 0.2) is 50.2 Å². The van der Waals surface area contributed by atoms with Crippen molar-refractivity contribution < 1.29 is 17.5 Å². The first-order valence-corrected chi connectivity index (χ1v) is 8.79. The zero-order chi connectivity index (χ0) is 15.6. The Balaban J connectivity index is 2.30. The van der Waals surface area contributed by atoms with Gasteiger partial charge in [-0.05, 0) is 36.4 Å². The maximum atomic E-state index is 13.6. The van der Waals surface area contributed by atoms with Gasteiger partial charge in [-0.15, -0.1) is 0 Å². The summed E-state index contributed by atoms with van der Waals surface area (Å²) in [6.45, 7) is -0.116. The van der Waals surface area contributed by atoms with Crippen LogP contribution in [-0.4, -0.2) is 8.42 Å². The lowest BCUT2D eigenvalue weighted by Gasteiger charge is -2.11. The van der Waals surface area contributed by atoms with E-state index in [1.807, 2.05) is 0 Å². The molecule has 0 aromatic heterocycles. The Kier molecular flexibility index (Phi) is 5.03. The predicted octanol–water partition coefficient (Wildman–Crippen LogP) is 3.58. The number of ether oxygens (including phenoxy) is 1. The summed E-state index contributed by atoms with van der Waals surface area (Å²) >= 11 is 6.40. The van der Waals surface area contributed by atoms with Gasteiger partial charge in [0, 0.05) is 14.5 Å². The molecule has 2 N–H and O–H groups in total. The van der Waals surface area contributed by atoms with E-state index in [1.165, 1.54) is 18.2 Å². The van der Waals surface area contributed by atoms with E-state index in [0.717, 1.165) is 0 Å². The molecule has 8 heteroatoms. The highest BCUT2D eigenvalue weighted by Gasteiger charge is 2.16. The number of hydrogen-bond donors (Lipinski definition) is 1. The summed E-state index contributed by atoms with van der Waals surface area (Å²) < 4.78 is 43.3. The van der Waals surface area contributed by atoms with Crippen molar-refractivity contribution in [2.24, 2.45) is 5.14 Å². The Bertz CT molecular complexity index is 781. The second-order valence-corrected chi connectivity index (χ2v) is 7.52. The summed E-state index contributed by atoms with van der Waals surface area (Å²) in [6.07, 6.45) is 0. The molecule has 2 aromatic carbocycles. The second-order valence-electron chi connectivity index (χ2n) is 4.16. The third kappa shape index (κ3) is 4.26. The van der Waals surface area contributed by atoms with Gasteiger partial charge in [-0.3, -0.25) is 0 Å². The molecule has 0 aliphatic carbocycles. The minimum Gasteiger partial charge on any atom is -0.487 e. The minimum absolute atomic E-state index is 0.0695. The van der Waals surface area contributed by atoms with Gasteiger partial charge in [-0.25, -0.2) is 17.9 Å². The highest BCUT2D eigenvalue weighted by atomic mass is 79.9. The Hall–Kier alpha value is -0.960. The number of nitrogens with two attached hydrogens (primary N) is 1. The molecule has 2 aromatic rings. The Morgan fingerprint density at radius 3 is 2.38 bits per heavy atom. The normalized spacial score (nSPS) is 11.4. The molecular weight excluding hydrogens is 429 g/mol. The van der Waals surface area contributed by atoms with Gasteiger partial charge in [0.05, 0.1) is 0 Å². The molecule has 2 rings (SSSR count). The highest BCUT2D eigenvalue weighted by molar-refractivity contribution is 9.10. The second kappa shape index (κ2) is 6.43. The maximum Gasteiger partial charge on any atom is 0.241 e. The van der Waals surface area contributed by atoms with Gasteiger partial charge in [-0.2, -0.15) is 0 Å². The maximum absolute atomic E-state index is 13.6. The number of sulfonamides is 1. The smallest absolute Gasteiger partial charge is 0.241 e. The van der Waals surface area contributed by atoms with Gasteiger partial charge in [0.25, 0.3) is 0 Å². The van der Waals surface area contributed by atoms with E-state index < -0.39 is 15.8 Å². The van der Waals surface area contributed by atoms with Gasteiger partial charge in [0.2, 0.25) is 10.0 Å². The first-order valence-electron chi connectivity index (χ1n) is 5.66. The van der Waals surface area contributed by atoms with Gasteiger partial charge in [0.15, 0.2) is 0 Å². The fourth-order valence-corrected chi connectivity index (χ4v) is 3.25. The molecule has 0 bridgehead atoms. The fraction of sp³-hybridized carbons (Fsp3) is 0.0769. The van der Waals surface area contributed by atoms with Crippen LogP contribution in [0.25, 0.3) is 0 Å². The topological polar surface area (TPSA) is 69.4 Å². The summed E-state index contributed by atoms with van der Waals surface area (Å²) in [6, 6.07) is 8.83. The number of hydrogen-bond acceptors (Lipinski definition) is 3. The quantitative estimate of drug-likeness (QED) is 0.793. The molecule has 0 unspecified atom stereocenters. The Labute approximate surface area is 138 Å². The van der Waals surface area contributed by atoms with Crippen LogP contribution in [0.3, 0.4) is 0 Å². The monoisotopic (exact) mass is 437 g/mol. The minimum atomic E-state index is -3.94. The van der Waals surface area contributed by atoms with E-state index in [4.69, 9.17) is 9.88 Å². The average molecular weight is 439 g/mol. The van der Waals surface area contributed by atoms with Gasteiger partial charge < -0.3 is 4.74 Å². The average Bonchev–Trinajstić information content (AvgIpc) is 2.40. The van der Waals surface area contributed by atoms with Crippen LogP contribution in [0.4, 0.5) is 4.39 Å². The van der Waals surface area contributed by atoms with Crippen molar-refractivity contribution in [1.29, 1.82) is 0 Å². The van der Waals surface area contributed by atoms with Gasteiger partial charge in [0.1, 0.15) is 23.1 Å². The molecule has 0 amide bonds. The molecule has 0 aliphatic heterocycles. The summed E-state index contributed by atoms with van der Waals surface area (Å²) in [5.74, 6) is -0.368. The third-order valence-electron chi connectivity index (χ3n) is 2.60. The van der Waals surface area contributed by atoms with E-state index in [9.17, 15) is 12.8 Å². The molecule has 0 spiro atoms. The Morgan fingerprint density at radius 1 is 1.10 bits per heavy atom. The van der Waals surface area contributed by atoms with Crippen LogP contribution in [0.5, 0.6) is 5.75 Å². The highest BCUT2D eigenvalue weighted by Crippen LogP contribution is 2.28. The first kappa shape index (κ1) is 16.4. The number of halogens is 3. The lowest BCUT2D eigenvalue weighted by atomic mass is 10.2. The van der Waals surface area contributed by atoms with Gasteiger partial charge in [-0.1, -0.05) is 31.9 Å². The fourth-order valence-electron chi connectivity index (χ4n) is 1.63. The number of rotatable bonds is 4. The van der Waals surface area contributed by atoms with Gasteiger partial charge >= 0.3 is 0 Å². The van der Waals surface area contributed by atoms with Crippen molar-refractivity contribution in [3.63, 3.8) is 0 Å². The largest absolute Gasteiger partial charge is 0.487 e. The molecule has 0 saturated heterocycles. The van der Waals surface area contributed by atoms with Crippen LogP contribution in [0.1, 0.15) is 5.56 Å². The van der Waals surface area contributed by atoms with Crippen molar-refractivity contribution in [3.8, 4) is 5.75 Å². The molecule has 0 fully saturated rings. The van der Waals surface area contributed by atoms with Crippen LogP contribution < -0.4 is 9.88 Å². The first-order chi connectivity index (χ1) is 9.77. The summed E-state index contributed by atoms with van der Waals surface area (Å²) in [7, 11) is -3.94. The van der Waals surface area contributed by atoms with Crippen LogP contribution in [0.2, 0.25) is 0 Å². The number of benzene rings is 2. The molecule has 0 atom stereocenters. The standard InChI is InChI=1S/C13H10Br2FNO3S/c14-9-1-3-11(16)8(5-9)7-20-12-4-2-10(15)6-13(12)21(17,18)19/h1-6H,7H2,(H2,17,18,19). The van der Waals surface area contributed by atoms with Crippen LogP contribution >= 0.6 is 31.9 Å². The molecule has 112 valence electrons. The SMILES string of the molecule is NS(=O)(=O)c1cc(Br)ccc1OCc1cc(Br)ccc1F. The summed E-state index contributed by atoms with van der Waals surface area (Å²) in [5.41, 5.74) is 0.299.